The van der Waals surface area contributed by atoms with Crippen LogP contribution in [0.25, 0.3) is 0 Å². The summed E-state index contributed by atoms with van der Waals surface area (Å²) in [5.74, 6) is 0.272. The van der Waals surface area contributed by atoms with Gasteiger partial charge in [-0.05, 0) is 12.0 Å². The van der Waals surface area contributed by atoms with Gasteiger partial charge >= 0.3 is 0 Å². The molecule has 1 fully saturated rings. The van der Waals surface area contributed by atoms with E-state index in [0.29, 0.717) is 0 Å². The zero-order valence-corrected chi connectivity index (χ0v) is 7.41. The molecule has 64 valence electrons. The van der Waals surface area contributed by atoms with Gasteiger partial charge in [-0.15, -0.1) is 11.6 Å². The van der Waals surface area contributed by atoms with E-state index in [-0.39, 0.29) is 17.4 Å². The van der Waals surface area contributed by atoms with Crippen LogP contribution in [0, 0.1) is 5.92 Å². The number of hydrogen-bond donors (Lipinski definition) is 1. The van der Waals surface area contributed by atoms with Gasteiger partial charge in [-0.3, -0.25) is 0 Å². The van der Waals surface area contributed by atoms with Gasteiger partial charge in [0.25, 0.3) is 0 Å². The molecule has 0 radical (unpaired) electrons. The summed E-state index contributed by atoms with van der Waals surface area (Å²) in [6.07, 6.45) is 0.575. The van der Waals surface area contributed by atoms with Gasteiger partial charge in [0.05, 0.1) is 6.10 Å². The van der Waals surface area contributed by atoms with Crippen molar-refractivity contribution >= 4 is 11.6 Å². The number of aliphatic hydroxyl groups excluding tert-OH is 1. The fraction of sp³-hybridized carbons (Fsp3) is 0.400. The molecular formula is C10H11ClO. The molecule has 0 spiro atoms. The molecule has 2 heteroatoms. The zero-order chi connectivity index (χ0) is 8.55. The SMILES string of the molecule is OC(c1ccccc1)[C@@H]1C[C@@H]1Cl. The Bertz CT molecular complexity index is 260. The Morgan fingerprint density at radius 2 is 1.92 bits per heavy atom. The maximum Gasteiger partial charge on any atom is 0.0832 e. The zero-order valence-electron chi connectivity index (χ0n) is 6.65. The van der Waals surface area contributed by atoms with E-state index in [2.05, 4.69) is 0 Å². The Morgan fingerprint density at radius 1 is 1.33 bits per heavy atom. The molecule has 1 unspecified atom stereocenters. The lowest BCUT2D eigenvalue weighted by Crippen LogP contribution is -2.00. The van der Waals surface area contributed by atoms with Gasteiger partial charge in [0.1, 0.15) is 0 Å². The van der Waals surface area contributed by atoms with E-state index in [1.165, 1.54) is 0 Å². The van der Waals surface area contributed by atoms with Gasteiger partial charge in [-0.1, -0.05) is 30.3 Å². The highest BCUT2D eigenvalue weighted by Crippen LogP contribution is 2.45. The molecule has 0 saturated heterocycles. The molecule has 0 aromatic heterocycles. The van der Waals surface area contributed by atoms with Crippen molar-refractivity contribution < 1.29 is 5.11 Å². The molecule has 12 heavy (non-hydrogen) atoms. The Balaban J connectivity index is 2.10. The van der Waals surface area contributed by atoms with E-state index in [4.69, 9.17) is 11.6 Å². The molecule has 0 amide bonds. The molecule has 0 heterocycles. The second-order valence-corrected chi connectivity index (χ2v) is 3.83. The lowest BCUT2D eigenvalue weighted by atomic mass is 10.1. The second kappa shape index (κ2) is 3.08. The highest BCUT2D eigenvalue weighted by molar-refractivity contribution is 6.22. The summed E-state index contributed by atoms with van der Waals surface area (Å²) < 4.78 is 0. The first-order valence-corrected chi connectivity index (χ1v) is 4.60. The largest absolute Gasteiger partial charge is 0.388 e. The number of benzene rings is 1. The van der Waals surface area contributed by atoms with Gasteiger partial charge in [0.15, 0.2) is 0 Å². The van der Waals surface area contributed by atoms with Crippen molar-refractivity contribution in [2.75, 3.05) is 0 Å². The minimum absolute atomic E-state index is 0.181. The minimum atomic E-state index is -0.367. The van der Waals surface area contributed by atoms with Crippen LogP contribution in [0.5, 0.6) is 0 Å². The van der Waals surface area contributed by atoms with Crippen molar-refractivity contribution in [3.63, 3.8) is 0 Å². The number of rotatable bonds is 2. The van der Waals surface area contributed by atoms with Gasteiger partial charge < -0.3 is 5.11 Å². The van der Waals surface area contributed by atoms with Crippen molar-refractivity contribution in [1.29, 1.82) is 0 Å². The van der Waals surface area contributed by atoms with E-state index in [0.717, 1.165) is 12.0 Å². The maximum atomic E-state index is 9.75. The van der Waals surface area contributed by atoms with Crippen LogP contribution >= 0.6 is 11.6 Å². The Kier molecular flexibility index (Phi) is 2.07. The molecule has 1 saturated carbocycles. The summed E-state index contributed by atoms with van der Waals surface area (Å²) in [5.41, 5.74) is 0.977. The Labute approximate surface area is 77.0 Å². The van der Waals surface area contributed by atoms with Crippen LogP contribution in [0.1, 0.15) is 18.1 Å². The fourth-order valence-electron chi connectivity index (χ4n) is 1.41. The molecule has 0 aliphatic heterocycles. The maximum absolute atomic E-state index is 9.75. The summed E-state index contributed by atoms with van der Waals surface area (Å²) in [5, 5.41) is 9.93. The Morgan fingerprint density at radius 3 is 2.42 bits per heavy atom. The molecule has 3 atom stereocenters. The molecule has 1 nitrogen and oxygen atoms in total. The van der Waals surface area contributed by atoms with Crippen LogP contribution in [0.15, 0.2) is 30.3 Å². The minimum Gasteiger partial charge on any atom is -0.388 e. The average molecular weight is 183 g/mol. The van der Waals surface area contributed by atoms with Crippen molar-refractivity contribution in [2.45, 2.75) is 17.9 Å². The normalized spacial score (nSPS) is 29.8. The summed E-state index contributed by atoms with van der Waals surface area (Å²) in [6.45, 7) is 0. The van der Waals surface area contributed by atoms with Crippen molar-refractivity contribution in [3.05, 3.63) is 35.9 Å². The lowest BCUT2D eigenvalue weighted by Gasteiger charge is -2.08. The Hall–Kier alpha value is -0.530. The fourth-order valence-corrected chi connectivity index (χ4v) is 1.75. The van der Waals surface area contributed by atoms with E-state index in [1.54, 1.807) is 0 Å². The number of hydrogen-bond acceptors (Lipinski definition) is 1. The molecule has 1 aromatic carbocycles. The van der Waals surface area contributed by atoms with E-state index >= 15 is 0 Å². The third kappa shape index (κ3) is 1.47. The van der Waals surface area contributed by atoms with Gasteiger partial charge in [0, 0.05) is 11.3 Å². The second-order valence-electron chi connectivity index (χ2n) is 3.27. The predicted octanol–water partition coefficient (Wildman–Crippen LogP) is 2.35. The first kappa shape index (κ1) is 8.09. The molecule has 1 aliphatic carbocycles. The van der Waals surface area contributed by atoms with Crippen LogP contribution < -0.4 is 0 Å². The molecule has 0 bridgehead atoms. The summed E-state index contributed by atoms with van der Waals surface area (Å²) >= 11 is 5.84. The molecule has 1 aliphatic rings. The van der Waals surface area contributed by atoms with Crippen LogP contribution in [0.2, 0.25) is 0 Å². The van der Waals surface area contributed by atoms with E-state index in [1.807, 2.05) is 30.3 Å². The quantitative estimate of drug-likeness (QED) is 0.697. The predicted molar refractivity (Wildman–Crippen MR) is 49.1 cm³/mol. The van der Waals surface area contributed by atoms with E-state index in [9.17, 15) is 5.11 Å². The highest BCUT2D eigenvalue weighted by Gasteiger charge is 2.41. The molecule has 1 aromatic rings. The van der Waals surface area contributed by atoms with Gasteiger partial charge in [-0.25, -0.2) is 0 Å². The third-order valence-corrected chi connectivity index (χ3v) is 2.81. The van der Waals surface area contributed by atoms with Crippen LogP contribution in [0.4, 0.5) is 0 Å². The average Bonchev–Trinajstić information content (AvgIpc) is 2.83. The lowest BCUT2D eigenvalue weighted by molar-refractivity contribution is 0.154. The molecule has 1 N–H and O–H groups in total. The topological polar surface area (TPSA) is 20.2 Å². The smallest absolute Gasteiger partial charge is 0.0832 e. The number of aliphatic hydroxyl groups is 1. The van der Waals surface area contributed by atoms with Crippen molar-refractivity contribution in [1.82, 2.24) is 0 Å². The van der Waals surface area contributed by atoms with Crippen LogP contribution in [-0.4, -0.2) is 10.5 Å². The summed E-state index contributed by atoms with van der Waals surface area (Å²) in [6, 6.07) is 9.69. The highest BCUT2D eigenvalue weighted by atomic mass is 35.5. The first-order chi connectivity index (χ1) is 5.79. The van der Waals surface area contributed by atoms with Gasteiger partial charge in [-0.2, -0.15) is 0 Å². The third-order valence-electron chi connectivity index (χ3n) is 2.31. The van der Waals surface area contributed by atoms with Crippen LogP contribution in [0.3, 0.4) is 0 Å². The molecule has 2 rings (SSSR count). The van der Waals surface area contributed by atoms with Crippen LogP contribution in [-0.2, 0) is 0 Å². The number of alkyl halides is 1. The molecular weight excluding hydrogens is 172 g/mol. The van der Waals surface area contributed by atoms with Crippen molar-refractivity contribution in [3.8, 4) is 0 Å². The summed E-state index contributed by atoms with van der Waals surface area (Å²) in [7, 11) is 0. The van der Waals surface area contributed by atoms with E-state index < -0.39 is 0 Å². The number of halogens is 1. The van der Waals surface area contributed by atoms with Gasteiger partial charge in [0.2, 0.25) is 0 Å². The standard InChI is InChI=1S/C10H11ClO/c11-9-6-8(9)10(12)7-4-2-1-3-5-7/h1-5,8-10,12H,6H2/t8-,9+,10?/m1/s1. The van der Waals surface area contributed by atoms with Crippen molar-refractivity contribution in [2.24, 2.45) is 5.92 Å². The summed E-state index contributed by atoms with van der Waals surface area (Å²) in [4.78, 5) is 0. The monoisotopic (exact) mass is 182 g/mol. The first-order valence-electron chi connectivity index (χ1n) is 4.16.